The van der Waals surface area contributed by atoms with Crippen LogP contribution in [0.25, 0.3) is 0 Å². The van der Waals surface area contributed by atoms with E-state index in [0.717, 1.165) is 21.2 Å². The molecule has 1 aromatic heterocycles. The van der Waals surface area contributed by atoms with Crippen molar-refractivity contribution in [3.05, 3.63) is 55.6 Å². The van der Waals surface area contributed by atoms with Gasteiger partial charge >= 0.3 is 0 Å². The van der Waals surface area contributed by atoms with Gasteiger partial charge in [-0.3, -0.25) is 0 Å². The molecule has 90 valence electrons. The Morgan fingerprint density at radius 1 is 1.29 bits per heavy atom. The highest BCUT2D eigenvalue weighted by molar-refractivity contribution is 9.10. The average molecular weight is 395 g/mol. The second kappa shape index (κ2) is 6.37. The molecule has 0 aliphatic rings. The van der Waals surface area contributed by atoms with Crippen LogP contribution >= 0.6 is 54.8 Å². The molecule has 0 spiro atoms. The van der Waals surface area contributed by atoms with E-state index in [1.807, 2.05) is 12.1 Å². The third-order valence-electron chi connectivity index (χ3n) is 2.58. The van der Waals surface area contributed by atoms with Gasteiger partial charge in [0.15, 0.2) is 0 Å². The Bertz CT molecular complexity index is 496. The zero-order valence-corrected chi connectivity index (χ0v) is 13.7. The first-order valence-corrected chi connectivity index (χ1v) is 8.40. The van der Waals surface area contributed by atoms with Gasteiger partial charge < -0.3 is 0 Å². The van der Waals surface area contributed by atoms with Gasteiger partial charge in [-0.1, -0.05) is 39.7 Å². The molecular weight excluding hydrogens is 383 g/mol. The highest BCUT2D eigenvalue weighted by atomic mass is 79.9. The first kappa shape index (κ1) is 13.6. The average Bonchev–Trinajstić information content (AvgIpc) is 2.72. The Morgan fingerprint density at radius 3 is 2.71 bits per heavy atom. The molecule has 1 atom stereocenters. The van der Waals surface area contributed by atoms with Gasteiger partial charge in [-0.2, -0.15) is 0 Å². The van der Waals surface area contributed by atoms with E-state index in [-0.39, 0.29) is 0 Å². The second-order valence-electron chi connectivity index (χ2n) is 3.84. The molecule has 2 rings (SSSR count). The molecule has 1 heterocycles. The van der Waals surface area contributed by atoms with Gasteiger partial charge in [0.25, 0.3) is 0 Å². The van der Waals surface area contributed by atoms with Crippen LogP contribution < -0.4 is 0 Å². The number of thiophene rings is 1. The fourth-order valence-electron chi connectivity index (χ4n) is 1.73. The summed E-state index contributed by atoms with van der Waals surface area (Å²) in [5, 5.41) is 3.88. The largest absolute Gasteiger partial charge is 0.148 e. The second-order valence-corrected chi connectivity index (χ2v) is 6.84. The van der Waals surface area contributed by atoms with Gasteiger partial charge in [-0.25, -0.2) is 0 Å². The van der Waals surface area contributed by atoms with Gasteiger partial charge in [0.2, 0.25) is 0 Å². The minimum Gasteiger partial charge on any atom is -0.148 e. The highest BCUT2D eigenvalue weighted by Gasteiger charge is 2.12. The number of hydrogen-bond acceptors (Lipinski definition) is 1. The van der Waals surface area contributed by atoms with Crippen molar-refractivity contribution >= 4 is 54.8 Å². The summed E-state index contributed by atoms with van der Waals surface area (Å²) < 4.78 is 1.16. The summed E-state index contributed by atoms with van der Waals surface area (Å²) in [5.74, 6) is 0.472. The van der Waals surface area contributed by atoms with E-state index in [2.05, 4.69) is 55.4 Å². The lowest BCUT2D eigenvalue weighted by Gasteiger charge is -2.13. The van der Waals surface area contributed by atoms with E-state index < -0.39 is 0 Å². The Morgan fingerprint density at radius 2 is 2.12 bits per heavy atom. The molecule has 0 saturated carbocycles. The van der Waals surface area contributed by atoms with Crippen molar-refractivity contribution in [1.82, 2.24) is 0 Å². The molecule has 17 heavy (non-hydrogen) atoms. The Balaban J connectivity index is 2.16. The van der Waals surface area contributed by atoms with E-state index in [4.69, 9.17) is 11.6 Å². The number of halogens is 3. The molecule has 0 radical (unpaired) electrons. The van der Waals surface area contributed by atoms with Crippen molar-refractivity contribution in [3.63, 3.8) is 0 Å². The summed E-state index contributed by atoms with van der Waals surface area (Å²) in [6.07, 6.45) is 1.04. The molecule has 0 nitrogen and oxygen atoms in total. The predicted molar refractivity (Wildman–Crippen MR) is 83.7 cm³/mol. The molecule has 0 aliphatic carbocycles. The van der Waals surface area contributed by atoms with Crippen molar-refractivity contribution < 1.29 is 0 Å². The van der Waals surface area contributed by atoms with Crippen molar-refractivity contribution in [2.24, 2.45) is 0 Å². The molecule has 0 fully saturated rings. The molecule has 2 aromatic rings. The molecule has 0 aliphatic heterocycles. The lowest BCUT2D eigenvalue weighted by atomic mass is 9.97. The van der Waals surface area contributed by atoms with Crippen LogP contribution in [0.2, 0.25) is 5.02 Å². The van der Waals surface area contributed by atoms with Crippen LogP contribution in [0, 0.1) is 0 Å². The monoisotopic (exact) mass is 392 g/mol. The minimum absolute atomic E-state index is 0.472. The maximum atomic E-state index is 6.03. The SMILES string of the molecule is Clc1cccc(C(CBr)Cc2cc(Br)cs2)c1. The first-order chi connectivity index (χ1) is 8.19. The molecule has 0 N–H and O–H groups in total. The molecule has 1 unspecified atom stereocenters. The molecule has 1 aromatic carbocycles. The van der Waals surface area contributed by atoms with Crippen LogP contribution in [0.3, 0.4) is 0 Å². The zero-order valence-electron chi connectivity index (χ0n) is 9.00. The van der Waals surface area contributed by atoms with E-state index >= 15 is 0 Å². The van der Waals surface area contributed by atoms with Crippen LogP contribution in [0.5, 0.6) is 0 Å². The van der Waals surface area contributed by atoms with Crippen molar-refractivity contribution in [1.29, 1.82) is 0 Å². The van der Waals surface area contributed by atoms with E-state index in [1.165, 1.54) is 10.4 Å². The maximum absolute atomic E-state index is 6.03. The van der Waals surface area contributed by atoms with Crippen molar-refractivity contribution in [2.45, 2.75) is 12.3 Å². The Kier molecular flexibility index (Phi) is 5.10. The van der Waals surface area contributed by atoms with Crippen molar-refractivity contribution in [3.8, 4) is 0 Å². The van der Waals surface area contributed by atoms with Gasteiger partial charge in [-0.05, 0) is 52.0 Å². The van der Waals surface area contributed by atoms with E-state index in [9.17, 15) is 0 Å². The fraction of sp³-hybridized carbons (Fsp3) is 0.231. The van der Waals surface area contributed by atoms with Crippen LogP contribution in [-0.4, -0.2) is 5.33 Å². The topological polar surface area (TPSA) is 0 Å². The number of hydrogen-bond donors (Lipinski definition) is 0. The van der Waals surface area contributed by atoms with Crippen LogP contribution in [-0.2, 0) is 6.42 Å². The minimum atomic E-state index is 0.472. The van der Waals surface area contributed by atoms with Crippen LogP contribution in [0.15, 0.2) is 40.2 Å². The molecule has 0 bridgehead atoms. The third kappa shape index (κ3) is 3.82. The predicted octanol–water partition coefficient (Wildman–Crippen LogP) is 5.89. The van der Waals surface area contributed by atoms with E-state index in [0.29, 0.717) is 5.92 Å². The summed E-state index contributed by atoms with van der Waals surface area (Å²) in [4.78, 5) is 1.39. The molecule has 0 saturated heterocycles. The van der Waals surface area contributed by atoms with Gasteiger partial charge in [0.1, 0.15) is 0 Å². The maximum Gasteiger partial charge on any atom is 0.0408 e. The van der Waals surface area contributed by atoms with Crippen LogP contribution in [0.1, 0.15) is 16.4 Å². The summed E-state index contributed by atoms with van der Waals surface area (Å²) in [6.45, 7) is 0. The summed E-state index contributed by atoms with van der Waals surface area (Å²) in [6, 6.07) is 10.3. The standard InChI is InChI=1S/C13H11Br2ClS/c14-7-10(5-13-6-11(15)8-17-13)9-2-1-3-12(16)4-9/h1-4,6,8,10H,5,7H2. The summed E-state index contributed by atoms with van der Waals surface area (Å²) >= 11 is 14.9. The number of rotatable bonds is 4. The fourth-order valence-corrected chi connectivity index (χ4v) is 4.06. The first-order valence-electron chi connectivity index (χ1n) is 5.23. The Hall–Kier alpha value is 0.170. The summed E-state index contributed by atoms with van der Waals surface area (Å²) in [7, 11) is 0. The van der Waals surface area contributed by atoms with Crippen LogP contribution in [0.4, 0.5) is 0 Å². The zero-order chi connectivity index (χ0) is 12.3. The summed E-state index contributed by atoms with van der Waals surface area (Å²) in [5.41, 5.74) is 1.29. The van der Waals surface area contributed by atoms with Gasteiger partial charge in [0, 0.05) is 25.1 Å². The third-order valence-corrected chi connectivity index (χ3v) is 5.31. The highest BCUT2D eigenvalue weighted by Crippen LogP contribution is 2.29. The van der Waals surface area contributed by atoms with E-state index in [1.54, 1.807) is 11.3 Å². The van der Waals surface area contributed by atoms with Crippen molar-refractivity contribution in [2.75, 3.05) is 5.33 Å². The lowest BCUT2D eigenvalue weighted by Crippen LogP contribution is -2.03. The van der Waals surface area contributed by atoms with Gasteiger partial charge in [-0.15, -0.1) is 11.3 Å². The smallest absolute Gasteiger partial charge is 0.0408 e. The van der Waals surface area contributed by atoms with Gasteiger partial charge in [0.05, 0.1) is 0 Å². The Labute approximate surface area is 127 Å². The number of benzene rings is 1. The molecular formula is C13H11Br2ClS. The quantitative estimate of drug-likeness (QED) is 0.568. The normalized spacial score (nSPS) is 12.6. The molecule has 4 heteroatoms. The molecule has 0 amide bonds. The lowest BCUT2D eigenvalue weighted by molar-refractivity contribution is 0.786. The number of alkyl halides is 1.